The molecule has 0 aliphatic carbocycles. The summed E-state index contributed by atoms with van der Waals surface area (Å²) >= 11 is 8.28. The van der Waals surface area contributed by atoms with Crippen molar-refractivity contribution in [3.05, 3.63) is 10.9 Å². The summed E-state index contributed by atoms with van der Waals surface area (Å²) in [7, 11) is 0. The van der Waals surface area contributed by atoms with Crippen LogP contribution in [0.4, 0.5) is 5.69 Å². The van der Waals surface area contributed by atoms with Crippen LogP contribution < -0.4 is 5.32 Å². The molecular formula is C8H7NOS3. The van der Waals surface area contributed by atoms with Gasteiger partial charge in [-0.3, -0.25) is 4.79 Å². The Bertz CT molecular complexity index is 383. The molecule has 0 bridgehead atoms. The quantitative estimate of drug-likeness (QED) is 0.592. The van der Waals surface area contributed by atoms with Gasteiger partial charge in [0.2, 0.25) is 0 Å². The van der Waals surface area contributed by atoms with Gasteiger partial charge in [0.25, 0.3) is 0 Å². The fourth-order valence-corrected chi connectivity index (χ4v) is 3.37. The molecule has 0 atom stereocenters. The Hall–Kier alpha value is -0.390. The van der Waals surface area contributed by atoms with E-state index >= 15 is 0 Å². The van der Waals surface area contributed by atoms with Crippen LogP contribution in [-0.4, -0.2) is 16.5 Å². The Balaban J connectivity index is 2.39. The summed E-state index contributed by atoms with van der Waals surface area (Å²) in [6.45, 7) is 1.58. The zero-order valence-electron chi connectivity index (χ0n) is 6.92. The number of nitrogens with one attached hydrogen (secondary N) is 1. The molecule has 0 fully saturated rings. The highest BCUT2D eigenvalue weighted by Crippen LogP contribution is 2.39. The lowest BCUT2D eigenvalue weighted by atomic mass is 10.3. The van der Waals surface area contributed by atoms with Crippen LogP contribution in [0.1, 0.15) is 16.6 Å². The summed E-state index contributed by atoms with van der Waals surface area (Å²) in [6.07, 6.45) is 0. The minimum atomic E-state index is 0.118. The monoisotopic (exact) mass is 229 g/mol. The van der Waals surface area contributed by atoms with Crippen LogP contribution in [-0.2, 0) is 0 Å². The summed E-state index contributed by atoms with van der Waals surface area (Å²) in [5.74, 6) is 0.938. The molecule has 2 heterocycles. The summed E-state index contributed by atoms with van der Waals surface area (Å²) in [4.78, 5) is 12.7. The zero-order valence-corrected chi connectivity index (χ0v) is 9.37. The van der Waals surface area contributed by atoms with Gasteiger partial charge in [-0.1, -0.05) is 12.2 Å². The number of Topliss-reactive ketones (excluding diaryl/α,β-unsaturated/α-hetero) is 1. The van der Waals surface area contributed by atoms with Gasteiger partial charge in [-0.05, 0) is 13.0 Å². The van der Waals surface area contributed by atoms with Crippen molar-refractivity contribution in [2.24, 2.45) is 0 Å². The van der Waals surface area contributed by atoms with Gasteiger partial charge in [-0.2, -0.15) is 0 Å². The first-order chi connectivity index (χ1) is 6.16. The maximum Gasteiger partial charge on any atom is 0.169 e. The van der Waals surface area contributed by atoms with Crippen molar-refractivity contribution in [3.8, 4) is 0 Å². The topological polar surface area (TPSA) is 29.1 Å². The molecule has 1 N–H and O–H groups in total. The van der Waals surface area contributed by atoms with Gasteiger partial charge in [0.15, 0.2) is 5.78 Å². The lowest BCUT2D eigenvalue weighted by molar-refractivity contribution is 0.102. The van der Waals surface area contributed by atoms with Crippen LogP contribution in [0, 0.1) is 0 Å². The van der Waals surface area contributed by atoms with E-state index in [4.69, 9.17) is 12.2 Å². The number of thiophene rings is 1. The second-order valence-corrected chi connectivity index (χ2v) is 5.49. The first-order valence-electron chi connectivity index (χ1n) is 3.74. The number of thiocarbonyl (C=S) groups is 1. The van der Waals surface area contributed by atoms with Crippen molar-refractivity contribution in [1.29, 1.82) is 0 Å². The lowest BCUT2D eigenvalue weighted by Crippen LogP contribution is -2.14. The minimum absolute atomic E-state index is 0.118. The van der Waals surface area contributed by atoms with E-state index in [-0.39, 0.29) is 5.78 Å². The van der Waals surface area contributed by atoms with E-state index in [1.54, 1.807) is 18.7 Å². The summed E-state index contributed by atoms with van der Waals surface area (Å²) in [5.41, 5.74) is 0.997. The maximum atomic E-state index is 11.1. The smallest absolute Gasteiger partial charge is 0.169 e. The third-order valence-corrected chi connectivity index (χ3v) is 4.63. The molecule has 5 heteroatoms. The van der Waals surface area contributed by atoms with Crippen molar-refractivity contribution in [2.45, 2.75) is 11.1 Å². The number of hydrogen-bond acceptors (Lipinski definition) is 4. The molecule has 0 aromatic carbocycles. The highest BCUT2D eigenvalue weighted by molar-refractivity contribution is 8.03. The van der Waals surface area contributed by atoms with Crippen LogP contribution in [0.25, 0.3) is 0 Å². The van der Waals surface area contributed by atoms with Crippen LogP contribution in [0.3, 0.4) is 0 Å². The molecule has 0 saturated heterocycles. The Kier molecular flexibility index (Phi) is 2.40. The van der Waals surface area contributed by atoms with E-state index < -0.39 is 0 Å². The predicted molar refractivity (Wildman–Crippen MR) is 61.3 cm³/mol. The molecule has 0 radical (unpaired) electrons. The first kappa shape index (κ1) is 9.18. The van der Waals surface area contributed by atoms with E-state index in [1.165, 1.54) is 15.5 Å². The van der Waals surface area contributed by atoms with E-state index in [9.17, 15) is 4.79 Å². The van der Waals surface area contributed by atoms with E-state index in [0.717, 1.165) is 21.3 Å². The zero-order chi connectivity index (χ0) is 9.42. The molecule has 68 valence electrons. The number of thioether (sulfide) groups is 1. The molecule has 0 unspecified atom stereocenters. The molecule has 0 saturated carbocycles. The molecule has 13 heavy (non-hydrogen) atoms. The van der Waals surface area contributed by atoms with Crippen molar-refractivity contribution >= 4 is 51.8 Å². The van der Waals surface area contributed by atoms with Gasteiger partial charge in [-0.25, -0.2) is 0 Å². The Morgan fingerprint density at radius 3 is 3.15 bits per heavy atom. The molecule has 1 aliphatic rings. The van der Waals surface area contributed by atoms with E-state index in [0.29, 0.717) is 0 Å². The number of ketones is 1. The predicted octanol–water partition coefficient (Wildman–Crippen LogP) is 2.80. The Labute approximate surface area is 89.7 Å². The minimum Gasteiger partial charge on any atom is -0.348 e. The van der Waals surface area contributed by atoms with Crippen molar-refractivity contribution in [3.63, 3.8) is 0 Å². The van der Waals surface area contributed by atoms with Crippen LogP contribution in [0.15, 0.2) is 10.3 Å². The van der Waals surface area contributed by atoms with Gasteiger partial charge in [-0.15, -0.1) is 23.1 Å². The van der Waals surface area contributed by atoms with Crippen molar-refractivity contribution < 1.29 is 4.79 Å². The normalized spacial score (nSPS) is 15.0. The van der Waals surface area contributed by atoms with Gasteiger partial charge in [0.05, 0.1) is 19.8 Å². The average Bonchev–Trinajstić information content (AvgIpc) is 2.46. The number of hydrogen-bond donors (Lipinski definition) is 1. The number of fused-ring (bicyclic) bond motifs is 1. The SMILES string of the molecule is CC(=O)c1cc2c(s1)SCC(=S)N2. The molecular weight excluding hydrogens is 222 g/mol. The molecule has 0 spiro atoms. The molecule has 1 aromatic heterocycles. The maximum absolute atomic E-state index is 11.1. The van der Waals surface area contributed by atoms with E-state index in [2.05, 4.69) is 5.32 Å². The third-order valence-electron chi connectivity index (χ3n) is 1.65. The molecule has 2 nitrogen and oxygen atoms in total. The highest BCUT2D eigenvalue weighted by atomic mass is 32.2. The fraction of sp³-hybridized carbons (Fsp3) is 0.250. The Morgan fingerprint density at radius 2 is 2.46 bits per heavy atom. The summed E-state index contributed by atoms with van der Waals surface area (Å²) in [5, 5.41) is 3.10. The van der Waals surface area contributed by atoms with Crippen LogP contribution in [0.5, 0.6) is 0 Å². The third kappa shape index (κ3) is 1.77. The van der Waals surface area contributed by atoms with Gasteiger partial charge >= 0.3 is 0 Å². The lowest BCUT2D eigenvalue weighted by Gasteiger charge is -2.12. The number of carbonyl (C=O) groups excluding carboxylic acids is 1. The number of rotatable bonds is 1. The van der Waals surface area contributed by atoms with Gasteiger partial charge in [0.1, 0.15) is 0 Å². The first-order valence-corrected chi connectivity index (χ1v) is 5.95. The van der Waals surface area contributed by atoms with Gasteiger partial charge in [0, 0.05) is 5.75 Å². The van der Waals surface area contributed by atoms with Gasteiger partial charge < -0.3 is 5.32 Å². The summed E-state index contributed by atoms with van der Waals surface area (Å²) < 4.78 is 1.17. The Morgan fingerprint density at radius 1 is 1.69 bits per heavy atom. The second-order valence-electron chi connectivity index (χ2n) is 2.70. The molecule has 1 aliphatic heterocycles. The highest BCUT2D eigenvalue weighted by Gasteiger charge is 2.17. The van der Waals surface area contributed by atoms with Crippen molar-refractivity contribution in [2.75, 3.05) is 11.1 Å². The van der Waals surface area contributed by atoms with Crippen LogP contribution in [0.2, 0.25) is 0 Å². The number of carbonyl (C=O) groups is 1. The molecule has 2 rings (SSSR count). The fourth-order valence-electron chi connectivity index (χ4n) is 1.06. The standard InChI is InChI=1S/C8H7NOS3/c1-4(10)6-2-5-8(13-6)12-3-7(11)9-5/h2H,3H2,1H3,(H,9,11). The molecule has 0 amide bonds. The second kappa shape index (κ2) is 3.40. The molecule has 1 aromatic rings. The summed E-state index contributed by atoms with van der Waals surface area (Å²) in [6, 6.07) is 1.88. The largest absolute Gasteiger partial charge is 0.348 e. The number of anilines is 1. The van der Waals surface area contributed by atoms with Crippen LogP contribution >= 0.6 is 35.3 Å². The van der Waals surface area contributed by atoms with E-state index in [1.807, 2.05) is 6.07 Å². The van der Waals surface area contributed by atoms with Crippen molar-refractivity contribution in [1.82, 2.24) is 0 Å². The average molecular weight is 229 g/mol.